The maximum Gasteiger partial charge on any atom is 0.373 e. The number of anilines is 1. The molecular formula is C18H22N2O4. The quantitative estimate of drug-likeness (QED) is 0.825. The predicted octanol–water partition coefficient (Wildman–Crippen LogP) is 2.75. The highest BCUT2D eigenvalue weighted by Crippen LogP contribution is 2.19. The third-order valence-electron chi connectivity index (χ3n) is 3.63. The Morgan fingerprint density at radius 3 is 2.46 bits per heavy atom. The zero-order chi connectivity index (χ0) is 17.7. The second-order valence-corrected chi connectivity index (χ2v) is 5.74. The third-order valence-corrected chi connectivity index (χ3v) is 3.63. The summed E-state index contributed by atoms with van der Waals surface area (Å²) in [7, 11) is 3.11. The number of benzene rings is 1. The fraction of sp³-hybridized carbons (Fsp3) is 0.333. The molecule has 0 aliphatic carbocycles. The van der Waals surface area contributed by atoms with Crippen molar-refractivity contribution in [1.82, 2.24) is 4.90 Å². The van der Waals surface area contributed by atoms with Crippen molar-refractivity contribution in [2.75, 3.05) is 26.0 Å². The van der Waals surface area contributed by atoms with Gasteiger partial charge in [-0.15, -0.1) is 0 Å². The van der Waals surface area contributed by atoms with E-state index < -0.39 is 5.97 Å². The standard InChI is InChI=1S/C18H22N2O4/c1-12-6-5-7-13(2)17(12)19-16(21)11-20(3)10-14-8-9-15(24-14)18(22)23-4/h5-9H,10-11H2,1-4H3,(H,19,21). The van der Waals surface area contributed by atoms with Gasteiger partial charge in [0.2, 0.25) is 11.7 Å². The van der Waals surface area contributed by atoms with Gasteiger partial charge in [0.1, 0.15) is 5.76 Å². The molecule has 24 heavy (non-hydrogen) atoms. The Balaban J connectivity index is 1.92. The fourth-order valence-corrected chi connectivity index (χ4v) is 2.43. The van der Waals surface area contributed by atoms with E-state index in [2.05, 4.69) is 10.1 Å². The lowest BCUT2D eigenvalue weighted by Crippen LogP contribution is -2.30. The number of ether oxygens (including phenoxy) is 1. The first-order valence-corrected chi connectivity index (χ1v) is 7.62. The highest BCUT2D eigenvalue weighted by atomic mass is 16.5. The average Bonchev–Trinajstić information content (AvgIpc) is 2.98. The van der Waals surface area contributed by atoms with Crippen LogP contribution >= 0.6 is 0 Å². The molecule has 1 aromatic heterocycles. The number of nitrogens with zero attached hydrogens (tertiary/aromatic N) is 1. The van der Waals surface area contributed by atoms with Gasteiger partial charge in [-0.1, -0.05) is 18.2 Å². The van der Waals surface area contributed by atoms with Gasteiger partial charge in [0, 0.05) is 5.69 Å². The predicted molar refractivity (Wildman–Crippen MR) is 90.9 cm³/mol. The van der Waals surface area contributed by atoms with Gasteiger partial charge in [-0.05, 0) is 44.2 Å². The highest BCUT2D eigenvalue weighted by Gasteiger charge is 2.14. The van der Waals surface area contributed by atoms with E-state index in [1.54, 1.807) is 12.1 Å². The third kappa shape index (κ3) is 4.45. The van der Waals surface area contributed by atoms with Gasteiger partial charge in [-0.3, -0.25) is 9.69 Å². The molecule has 6 heteroatoms. The molecule has 0 aliphatic heterocycles. The van der Waals surface area contributed by atoms with E-state index in [9.17, 15) is 9.59 Å². The zero-order valence-corrected chi connectivity index (χ0v) is 14.4. The monoisotopic (exact) mass is 330 g/mol. The van der Waals surface area contributed by atoms with Crippen LogP contribution in [0.1, 0.15) is 27.4 Å². The van der Waals surface area contributed by atoms with E-state index in [-0.39, 0.29) is 18.2 Å². The summed E-state index contributed by atoms with van der Waals surface area (Å²) in [5.74, 6) is 0.130. The number of methoxy groups -OCH3 is 1. The van der Waals surface area contributed by atoms with E-state index in [0.717, 1.165) is 16.8 Å². The van der Waals surface area contributed by atoms with Crippen LogP contribution in [0.15, 0.2) is 34.7 Å². The largest absolute Gasteiger partial charge is 0.463 e. The van der Waals surface area contributed by atoms with Crippen LogP contribution in [0.3, 0.4) is 0 Å². The van der Waals surface area contributed by atoms with E-state index in [4.69, 9.17) is 4.42 Å². The van der Waals surface area contributed by atoms with Gasteiger partial charge in [-0.25, -0.2) is 4.79 Å². The first-order valence-electron chi connectivity index (χ1n) is 7.62. The number of esters is 1. The maximum atomic E-state index is 12.2. The SMILES string of the molecule is COC(=O)c1ccc(CN(C)CC(=O)Nc2c(C)cccc2C)o1. The number of amides is 1. The number of likely N-dealkylation sites (N-methyl/N-ethyl adjacent to an activating group) is 1. The summed E-state index contributed by atoms with van der Waals surface area (Å²) < 4.78 is 9.99. The van der Waals surface area contributed by atoms with Crippen molar-refractivity contribution in [3.63, 3.8) is 0 Å². The second kappa shape index (κ2) is 7.79. The minimum Gasteiger partial charge on any atom is -0.463 e. The molecule has 0 aliphatic rings. The summed E-state index contributed by atoms with van der Waals surface area (Å²) in [5.41, 5.74) is 2.90. The minimum atomic E-state index is -0.517. The van der Waals surface area contributed by atoms with Crippen molar-refractivity contribution in [1.29, 1.82) is 0 Å². The van der Waals surface area contributed by atoms with Gasteiger partial charge in [0.25, 0.3) is 0 Å². The molecule has 0 unspecified atom stereocenters. The van der Waals surface area contributed by atoms with Crippen molar-refractivity contribution >= 4 is 17.6 Å². The van der Waals surface area contributed by atoms with Crippen LogP contribution in [0.5, 0.6) is 0 Å². The van der Waals surface area contributed by atoms with Crippen molar-refractivity contribution < 1.29 is 18.7 Å². The summed E-state index contributed by atoms with van der Waals surface area (Å²) >= 11 is 0. The van der Waals surface area contributed by atoms with Gasteiger partial charge in [-0.2, -0.15) is 0 Å². The molecule has 1 aromatic carbocycles. The van der Waals surface area contributed by atoms with E-state index in [1.807, 2.05) is 44.0 Å². The van der Waals surface area contributed by atoms with E-state index in [1.165, 1.54) is 7.11 Å². The van der Waals surface area contributed by atoms with Crippen molar-refractivity contribution in [3.05, 3.63) is 53.0 Å². The summed E-state index contributed by atoms with van der Waals surface area (Å²) in [5, 5.41) is 2.94. The van der Waals surface area contributed by atoms with Gasteiger partial charge in [0.05, 0.1) is 20.2 Å². The first kappa shape index (κ1) is 17.7. The number of aryl methyl sites for hydroxylation is 2. The molecule has 0 saturated heterocycles. The van der Waals surface area contributed by atoms with Crippen LogP contribution in [0.25, 0.3) is 0 Å². The van der Waals surface area contributed by atoms with Crippen LogP contribution in [0.4, 0.5) is 5.69 Å². The van der Waals surface area contributed by atoms with Crippen LogP contribution in [0.2, 0.25) is 0 Å². The van der Waals surface area contributed by atoms with Crippen molar-refractivity contribution in [3.8, 4) is 0 Å². The first-order chi connectivity index (χ1) is 11.4. The number of para-hydroxylation sites is 1. The molecule has 0 atom stereocenters. The lowest BCUT2D eigenvalue weighted by molar-refractivity contribution is -0.117. The van der Waals surface area contributed by atoms with Crippen LogP contribution in [-0.4, -0.2) is 37.5 Å². The number of rotatable bonds is 6. The fourth-order valence-electron chi connectivity index (χ4n) is 2.43. The minimum absolute atomic E-state index is 0.102. The molecule has 2 rings (SSSR count). The highest BCUT2D eigenvalue weighted by molar-refractivity contribution is 5.93. The van der Waals surface area contributed by atoms with Crippen LogP contribution in [0, 0.1) is 13.8 Å². The Bertz CT molecular complexity index is 716. The number of furan rings is 1. The normalized spacial score (nSPS) is 10.7. The number of carbonyl (C=O) groups is 2. The molecule has 1 N–H and O–H groups in total. The molecule has 0 bridgehead atoms. The zero-order valence-electron chi connectivity index (χ0n) is 14.4. The topological polar surface area (TPSA) is 71.8 Å². The van der Waals surface area contributed by atoms with Crippen molar-refractivity contribution in [2.45, 2.75) is 20.4 Å². The Morgan fingerprint density at radius 2 is 1.83 bits per heavy atom. The van der Waals surface area contributed by atoms with E-state index in [0.29, 0.717) is 12.3 Å². The number of hydrogen-bond acceptors (Lipinski definition) is 5. The second-order valence-electron chi connectivity index (χ2n) is 5.74. The Morgan fingerprint density at radius 1 is 1.17 bits per heavy atom. The number of hydrogen-bond donors (Lipinski definition) is 1. The molecule has 0 fully saturated rings. The van der Waals surface area contributed by atoms with Gasteiger partial charge >= 0.3 is 5.97 Å². The lowest BCUT2D eigenvalue weighted by Gasteiger charge is -2.16. The van der Waals surface area contributed by atoms with Crippen LogP contribution < -0.4 is 5.32 Å². The van der Waals surface area contributed by atoms with Crippen molar-refractivity contribution in [2.24, 2.45) is 0 Å². The molecule has 0 spiro atoms. The van der Waals surface area contributed by atoms with Gasteiger partial charge in [0.15, 0.2) is 0 Å². The Labute approximate surface area is 141 Å². The Kier molecular flexibility index (Phi) is 5.76. The molecule has 2 aromatic rings. The summed E-state index contributed by atoms with van der Waals surface area (Å²) in [6, 6.07) is 9.15. The molecule has 1 heterocycles. The van der Waals surface area contributed by atoms with E-state index >= 15 is 0 Å². The molecule has 1 amide bonds. The molecule has 0 radical (unpaired) electrons. The number of nitrogens with one attached hydrogen (secondary N) is 1. The molecule has 128 valence electrons. The number of carbonyl (C=O) groups excluding carboxylic acids is 2. The van der Waals surface area contributed by atoms with Crippen LogP contribution in [-0.2, 0) is 16.1 Å². The average molecular weight is 330 g/mol. The summed E-state index contributed by atoms with van der Waals surface area (Å²) in [6.07, 6.45) is 0. The summed E-state index contributed by atoms with van der Waals surface area (Å²) in [4.78, 5) is 25.4. The molecule has 0 saturated carbocycles. The maximum absolute atomic E-state index is 12.2. The smallest absolute Gasteiger partial charge is 0.373 e. The molecular weight excluding hydrogens is 308 g/mol. The molecule has 6 nitrogen and oxygen atoms in total. The lowest BCUT2D eigenvalue weighted by atomic mass is 10.1. The Hall–Kier alpha value is -2.60. The summed E-state index contributed by atoms with van der Waals surface area (Å²) in [6.45, 7) is 4.55. The van der Waals surface area contributed by atoms with Gasteiger partial charge < -0.3 is 14.5 Å².